The van der Waals surface area contributed by atoms with E-state index in [4.69, 9.17) is 5.11 Å². The average molecular weight is 298 g/mol. The summed E-state index contributed by atoms with van der Waals surface area (Å²) in [6.07, 6.45) is 0. The number of halogens is 2. The van der Waals surface area contributed by atoms with Crippen LogP contribution in [0.1, 0.15) is 6.92 Å². The molecule has 114 valence electrons. The van der Waals surface area contributed by atoms with Crippen LogP contribution in [0.15, 0.2) is 18.2 Å². The number of rotatable bonds is 4. The molecule has 2 atom stereocenters. The van der Waals surface area contributed by atoms with Gasteiger partial charge in [0.2, 0.25) is 5.91 Å². The molecule has 2 rings (SSSR count). The van der Waals surface area contributed by atoms with Gasteiger partial charge in [0, 0.05) is 19.2 Å². The number of nitrogens with zero attached hydrogens (tertiary/aromatic N) is 1. The third kappa shape index (κ3) is 3.75. The van der Waals surface area contributed by atoms with E-state index in [-0.39, 0.29) is 24.7 Å². The number of likely N-dealkylation sites (tertiary alicyclic amines) is 1. The number of carbonyl (C=O) groups is 2. The molecule has 1 heterocycles. The van der Waals surface area contributed by atoms with Crippen molar-refractivity contribution in [3.63, 3.8) is 0 Å². The van der Waals surface area contributed by atoms with Crippen molar-refractivity contribution in [3.8, 4) is 0 Å². The molecule has 0 spiro atoms. The lowest BCUT2D eigenvalue weighted by atomic mass is 9.99. The van der Waals surface area contributed by atoms with E-state index < -0.39 is 29.4 Å². The van der Waals surface area contributed by atoms with E-state index in [1.165, 1.54) is 0 Å². The zero-order valence-electron chi connectivity index (χ0n) is 11.5. The van der Waals surface area contributed by atoms with E-state index in [0.717, 1.165) is 12.1 Å². The number of nitrogens with one attached hydrogen (secondary N) is 1. The fourth-order valence-corrected chi connectivity index (χ4v) is 2.50. The number of amides is 1. The van der Waals surface area contributed by atoms with Gasteiger partial charge in [-0.15, -0.1) is 0 Å². The van der Waals surface area contributed by atoms with Crippen molar-refractivity contribution in [2.24, 2.45) is 11.8 Å². The second kappa shape index (κ2) is 6.17. The van der Waals surface area contributed by atoms with Crippen molar-refractivity contribution in [2.75, 3.05) is 25.0 Å². The van der Waals surface area contributed by atoms with Crippen LogP contribution >= 0.6 is 0 Å². The highest BCUT2D eigenvalue weighted by molar-refractivity contribution is 5.92. The average Bonchev–Trinajstić information content (AvgIpc) is 2.74. The number of hydrogen-bond acceptors (Lipinski definition) is 3. The minimum Gasteiger partial charge on any atom is -0.481 e. The fraction of sp³-hybridized carbons (Fsp3) is 0.429. The number of benzene rings is 1. The molecule has 2 unspecified atom stereocenters. The number of carboxylic acid groups (broad SMARTS) is 1. The molecule has 7 heteroatoms. The van der Waals surface area contributed by atoms with E-state index >= 15 is 0 Å². The zero-order valence-corrected chi connectivity index (χ0v) is 11.5. The lowest BCUT2D eigenvalue weighted by molar-refractivity contribution is -0.142. The van der Waals surface area contributed by atoms with Crippen molar-refractivity contribution in [1.29, 1.82) is 0 Å². The van der Waals surface area contributed by atoms with Gasteiger partial charge in [-0.1, -0.05) is 6.92 Å². The van der Waals surface area contributed by atoms with E-state index in [1.54, 1.807) is 4.90 Å². The fourth-order valence-electron chi connectivity index (χ4n) is 2.50. The number of hydrogen-bond donors (Lipinski definition) is 2. The molecular formula is C14H16F2N2O3. The van der Waals surface area contributed by atoms with Crippen LogP contribution in [-0.2, 0) is 9.59 Å². The van der Waals surface area contributed by atoms with Crippen molar-refractivity contribution in [3.05, 3.63) is 29.8 Å². The van der Waals surface area contributed by atoms with E-state index in [0.29, 0.717) is 12.6 Å². The maximum absolute atomic E-state index is 13.4. The Morgan fingerprint density at radius 2 is 2.10 bits per heavy atom. The SMILES string of the molecule is CC1CN(CC(=O)Nc2ccc(F)cc2F)CC1C(=O)O. The maximum atomic E-state index is 13.4. The van der Waals surface area contributed by atoms with Gasteiger partial charge < -0.3 is 10.4 Å². The highest BCUT2D eigenvalue weighted by atomic mass is 19.1. The molecule has 1 aromatic rings. The molecule has 1 fully saturated rings. The van der Waals surface area contributed by atoms with Gasteiger partial charge in [0.1, 0.15) is 11.6 Å². The first-order chi connectivity index (χ1) is 9.86. The molecule has 5 nitrogen and oxygen atoms in total. The molecule has 0 aliphatic carbocycles. The lowest BCUT2D eigenvalue weighted by Gasteiger charge is -2.15. The maximum Gasteiger partial charge on any atom is 0.308 e. The summed E-state index contributed by atoms with van der Waals surface area (Å²) < 4.78 is 26.2. The third-order valence-electron chi connectivity index (χ3n) is 3.58. The van der Waals surface area contributed by atoms with Crippen molar-refractivity contribution < 1.29 is 23.5 Å². The topological polar surface area (TPSA) is 69.6 Å². The number of carbonyl (C=O) groups excluding carboxylic acids is 1. The predicted molar refractivity (Wildman–Crippen MR) is 71.7 cm³/mol. The van der Waals surface area contributed by atoms with Gasteiger partial charge in [0.05, 0.1) is 18.2 Å². The van der Waals surface area contributed by atoms with Gasteiger partial charge in [0.15, 0.2) is 0 Å². The molecule has 21 heavy (non-hydrogen) atoms. The zero-order chi connectivity index (χ0) is 15.6. The van der Waals surface area contributed by atoms with Crippen LogP contribution in [0.3, 0.4) is 0 Å². The summed E-state index contributed by atoms with van der Waals surface area (Å²) in [7, 11) is 0. The van der Waals surface area contributed by atoms with Gasteiger partial charge in [0.25, 0.3) is 0 Å². The van der Waals surface area contributed by atoms with Crippen molar-refractivity contribution >= 4 is 17.6 Å². The summed E-state index contributed by atoms with van der Waals surface area (Å²) in [5.41, 5.74) is -0.0940. The van der Waals surface area contributed by atoms with E-state index in [1.807, 2.05) is 6.92 Å². The van der Waals surface area contributed by atoms with E-state index in [9.17, 15) is 18.4 Å². The van der Waals surface area contributed by atoms with E-state index in [2.05, 4.69) is 5.32 Å². The summed E-state index contributed by atoms with van der Waals surface area (Å²) in [4.78, 5) is 24.5. The first-order valence-corrected chi connectivity index (χ1v) is 6.57. The Balaban J connectivity index is 1.92. The minimum absolute atomic E-state index is 0.0229. The van der Waals surface area contributed by atoms with Crippen molar-refractivity contribution in [2.45, 2.75) is 6.92 Å². The first-order valence-electron chi connectivity index (χ1n) is 6.57. The van der Waals surface area contributed by atoms with Crippen LogP contribution in [0.4, 0.5) is 14.5 Å². The second-order valence-electron chi connectivity index (χ2n) is 5.29. The monoisotopic (exact) mass is 298 g/mol. The normalized spacial score (nSPS) is 22.2. The molecule has 0 radical (unpaired) electrons. The number of aliphatic carboxylic acids is 1. The predicted octanol–water partition coefficient (Wildman–Crippen LogP) is 1.56. The van der Waals surface area contributed by atoms with Gasteiger partial charge in [-0.25, -0.2) is 8.78 Å². The largest absolute Gasteiger partial charge is 0.481 e. The van der Waals surface area contributed by atoms with Crippen LogP contribution in [0.2, 0.25) is 0 Å². The van der Waals surface area contributed by atoms with Gasteiger partial charge in [-0.2, -0.15) is 0 Å². The Morgan fingerprint density at radius 3 is 2.67 bits per heavy atom. The summed E-state index contributed by atoms with van der Waals surface area (Å²) >= 11 is 0. The molecule has 2 N–H and O–H groups in total. The third-order valence-corrected chi connectivity index (χ3v) is 3.58. The van der Waals surface area contributed by atoms with Crippen molar-refractivity contribution in [1.82, 2.24) is 4.90 Å². The van der Waals surface area contributed by atoms with Crippen LogP contribution in [0, 0.1) is 23.5 Å². The number of anilines is 1. The molecular weight excluding hydrogens is 282 g/mol. The molecule has 0 aromatic heterocycles. The minimum atomic E-state index is -0.880. The highest BCUT2D eigenvalue weighted by Gasteiger charge is 2.35. The lowest BCUT2D eigenvalue weighted by Crippen LogP contribution is -2.32. The molecule has 1 aromatic carbocycles. The van der Waals surface area contributed by atoms with Gasteiger partial charge in [-0.05, 0) is 18.1 Å². The molecule has 0 saturated carbocycles. The molecule has 1 saturated heterocycles. The Kier molecular flexibility index (Phi) is 4.52. The van der Waals surface area contributed by atoms with Crippen LogP contribution < -0.4 is 5.32 Å². The molecule has 1 aliphatic rings. The Morgan fingerprint density at radius 1 is 1.38 bits per heavy atom. The smallest absolute Gasteiger partial charge is 0.308 e. The summed E-state index contributed by atoms with van der Waals surface area (Å²) in [5, 5.41) is 11.4. The second-order valence-corrected chi connectivity index (χ2v) is 5.29. The molecule has 0 bridgehead atoms. The van der Waals surface area contributed by atoms with Crippen LogP contribution in [-0.4, -0.2) is 41.5 Å². The summed E-state index contributed by atoms with van der Waals surface area (Å²) in [6.45, 7) is 2.58. The van der Waals surface area contributed by atoms with Gasteiger partial charge in [-0.3, -0.25) is 14.5 Å². The standard InChI is InChI=1S/C14H16F2N2O3/c1-8-5-18(6-10(8)14(20)21)7-13(19)17-12-3-2-9(15)4-11(12)16/h2-4,8,10H,5-7H2,1H3,(H,17,19)(H,20,21). The Bertz CT molecular complexity index is 565. The quantitative estimate of drug-likeness (QED) is 0.885. The molecule has 1 amide bonds. The number of carboxylic acids is 1. The molecule has 1 aliphatic heterocycles. The Labute approximate surface area is 120 Å². The highest BCUT2D eigenvalue weighted by Crippen LogP contribution is 2.23. The summed E-state index contributed by atoms with van der Waals surface area (Å²) in [6, 6.07) is 2.89. The Hall–Kier alpha value is -2.02. The first kappa shape index (κ1) is 15.4. The van der Waals surface area contributed by atoms with Crippen LogP contribution in [0.25, 0.3) is 0 Å². The summed E-state index contributed by atoms with van der Waals surface area (Å²) in [5.74, 6) is -3.45. The van der Waals surface area contributed by atoms with Crippen LogP contribution in [0.5, 0.6) is 0 Å². The van der Waals surface area contributed by atoms with Gasteiger partial charge >= 0.3 is 5.97 Å².